The number of methoxy groups -OCH3 is 1. The molecule has 0 spiro atoms. The second-order valence-electron chi connectivity index (χ2n) is 4.48. The van der Waals surface area contributed by atoms with Crippen LogP contribution < -0.4 is 9.47 Å². The van der Waals surface area contributed by atoms with E-state index in [1.54, 1.807) is 13.3 Å². The molecule has 0 radical (unpaired) electrons. The predicted octanol–water partition coefficient (Wildman–Crippen LogP) is 4.29. The Kier molecular flexibility index (Phi) is 5.41. The first-order valence-corrected chi connectivity index (χ1v) is 6.81. The third kappa shape index (κ3) is 3.59. The summed E-state index contributed by atoms with van der Waals surface area (Å²) in [7, 11) is 1.60. The average Bonchev–Trinajstić information content (AvgIpc) is 2.53. The summed E-state index contributed by atoms with van der Waals surface area (Å²) in [6.45, 7) is 0.460. The number of benzene rings is 2. The van der Waals surface area contributed by atoms with E-state index in [0.29, 0.717) is 18.1 Å². The Labute approximate surface area is 139 Å². The number of rotatable bonds is 4. The summed E-state index contributed by atoms with van der Waals surface area (Å²) < 4.78 is 11.2. The van der Waals surface area contributed by atoms with E-state index in [1.165, 1.54) is 0 Å². The van der Waals surface area contributed by atoms with E-state index in [2.05, 4.69) is 9.97 Å². The molecule has 6 heteroatoms. The summed E-state index contributed by atoms with van der Waals surface area (Å²) in [4.78, 5) is 8.15. The van der Waals surface area contributed by atoms with Crippen molar-refractivity contribution in [2.45, 2.75) is 6.61 Å². The Balaban J connectivity index is 0.00000176. The molecule has 3 rings (SSSR count). The van der Waals surface area contributed by atoms with Crippen LogP contribution in [0.2, 0.25) is 5.28 Å². The van der Waals surface area contributed by atoms with E-state index < -0.39 is 0 Å². The topological polar surface area (TPSA) is 44.2 Å². The van der Waals surface area contributed by atoms with Gasteiger partial charge in [-0.2, -0.15) is 0 Å². The minimum atomic E-state index is 0. The molecular formula is C16H14Cl2N2O2. The van der Waals surface area contributed by atoms with Crippen LogP contribution in [-0.2, 0) is 6.61 Å². The lowest BCUT2D eigenvalue weighted by atomic mass is 10.2. The number of hydrogen-bond acceptors (Lipinski definition) is 4. The van der Waals surface area contributed by atoms with Gasteiger partial charge >= 0.3 is 0 Å². The molecule has 0 saturated carbocycles. The van der Waals surface area contributed by atoms with Gasteiger partial charge < -0.3 is 9.47 Å². The van der Waals surface area contributed by atoms with Crippen molar-refractivity contribution in [1.29, 1.82) is 0 Å². The van der Waals surface area contributed by atoms with Crippen LogP contribution in [0.1, 0.15) is 5.56 Å². The van der Waals surface area contributed by atoms with Crippen molar-refractivity contribution >= 4 is 34.9 Å². The highest BCUT2D eigenvalue weighted by Crippen LogP contribution is 2.32. The van der Waals surface area contributed by atoms with Crippen LogP contribution in [0.3, 0.4) is 0 Å². The molecule has 0 unspecified atom stereocenters. The minimum Gasteiger partial charge on any atom is -0.493 e. The molecule has 0 atom stereocenters. The van der Waals surface area contributed by atoms with Gasteiger partial charge in [0.1, 0.15) is 6.61 Å². The lowest BCUT2D eigenvalue weighted by molar-refractivity contribution is 0.285. The number of halogens is 2. The van der Waals surface area contributed by atoms with Crippen LogP contribution in [-0.4, -0.2) is 17.1 Å². The summed E-state index contributed by atoms with van der Waals surface area (Å²) in [5.74, 6) is 1.27. The van der Waals surface area contributed by atoms with Crippen molar-refractivity contribution in [2.24, 2.45) is 0 Å². The molecule has 0 aliphatic rings. The summed E-state index contributed by atoms with van der Waals surface area (Å²) in [5, 5.41) is 1.06. The monoisotopic (exact) mass is 336 g/mol. The molecule has 22 heavy (non-hydrogen) atoms. The molecule has 0 aliphatic carbocycles. The summed E-state index contributed by atoms with van der Waals surface area (Å²) in [6.07, 6.45) is 1.66. The SMILES string of the molecule is COc1cc2cnc(Cl)nc2cc1OCc1ccccc1.Cl. The fourth-order valence-corrected chi connectivity index (χ4v) is 2.16. The molecule has 1 heterocycles. The van der Waals surface area contributed by atoms with Gasteiger partial charge in [-0.25, -0.2) is 9.97 Å². The number of fused-ring (bicyclic) bond motifs is 1. The van der Waals surface area contributed by atoms with Crippen LogP contribution in [0, 0.1) is 0 Å². The average molecular weight is 337 g/mol. The van der Waals surface area contributed by atoms with Crippen LogP contribution in [0.5, 0.6) is 11.5 Å². The molecule has 0 amide bonds. The molecule has 2 aromatic carbocycles. The van der Waals surface area contributed by atoms with Crippen molar-refractivity contribution in [1.82, 2.24) is 9.97 Å². The Morgan fingerprint density at radius 2 is 1.86 bits per heavy atom. The van der Waals surface area contributed by atoms with Gasteiger partial charge in [-0.05, 0) is 23.2 Å². The van der Waals surface area contributed by atoms with E-state index in [0.717, 1.165) is 16.5 Å². The van der Waals surface area contributed by atoms with Crippen LogP contribution >= 0.6 is 24.0 Å². The summed E-state index contributed by atoms with van der Waals surface area (Å²) in [5.41, 5.74) is 1.80. The standard InChI is InChI=1S/C16H13ClN2O2.ClH/c1-20-14-7-12-9-18-16(17)19-13(12)8-15(14)21-10-11-5-3-2-4-6-11;/h2-9H,10H2,1H3;1H. The van der Waals surface area contributed by atoms with Gasteiger partial charge in [0, 0.05) is 17.6 Å². The van der Waals surface area contributed by atoms with Crippen molar-refractivity contribution in [3.05, 3.63) is 59.5 Å². The summed E-state index contributed by atoms with van der Waals surface area (Å²) in [6, 6.07) is 13.6. The molecule has 0 N–H and O–H groups in total. The van der Waals surface area contributed by atoms with Gasteiger partial charge in [0.25, 0.3) is 0 Å². The molecule has 0 aliphatic heterocycles. The number of ether oxygens (including phenoxy) is 2. The maximum Gasteiger partial charge on any atom is 0.222 e. The van der Waals surface area contributed by atoms with Gasteiger partial charge in [0.05, 0.1) is 12.6 Å². The van der Waals surface area contributed by atoms with Crippen LogP contribution in [0.4, 0.5) is 0 Å². The highest BCUT2D eigenvalue weighted by Gasteiger charge is 2.09. The molecule has 0 fully saturated rings. The van der Waals surface area contributed by atoms with Crippen LogP contribution in [0.15, 0.2) is 48.7 Å². The lowest BCUT2D eigenvalue weighted by Gasteiger charge is -2.11. The Morgan fingerprint density at radius 3 is 2.59 bits per heavy atom. The van der Waals surface area contributed by atoms with Gasteiger partial charge in [-0.15, -0.1) is 12.4 Å². The highest BCUT2D eigenvalue weighted by atomic mass is 35.5. The molecule has 1 aromatic heterocycles. The first kappa shape index (κ1) is 16.3. The Hall–Kier alpha value is -2.04. The zero-order valence-electron chi connectivity index (χ0n) is 11.8. The van der Waals surface area contributed by atoms with Crippen LogP contribution in [0.25, 0.3) is 10.9 Å². The van der Waals surface area contributed by atoms with E-state index in [4.69, 9.17) is 21.1 Å². The largest absolute Gasteiger partial charge is 0.493 e. The minimum absolute atomic E-state index is 0. The van der Waals surface area contributed by atoms with Gasteiger partial charge in [0.2, 0.25) is 5.28 Å². The quantitative estimate of drug-likeness (QED) is 0.666. The van der Waals surface area contributed by atoms with E-state index in [-0.39, 0.29) is 17.7 Å². The van der Waals surface area contributed by atoms with Crippen molar-refractivity contribution in [2.75, 3.05) is 7.11 Å². The molecule has 3 aromatic rings. The van der Waals surface area contributed by atoms with Crippen molar-refractivity contribution < 1.29 is 9.47 Å². The second-order valence-corrected chi connectivity index (χ2v) is 4.81. The van der Waals surface area contributed by atoms with Crippen molar-refractivity contribution in [3.63, 3.8) is 0 Å². The van der Waals surface area contributed by atoms with Gasteiger partial charge in [0.15, 0.2) is 11.5 Å². The van der Waals surface area contributed by atoms with Gasteiger partial charge in [-0.1, -0.05) is 30.3 Å². The molecule has 114 valence electrons. The first-order valence-electron chi connectivity index (χ1n) is 6.43. The maximum absolute atomic E-state index is 5.83. The zero-order valence-corrected chi connectivity index (χ0v) is 13.4. The summed E-state index contributed by atoms with van der Waals surface area (Å²) >= 11 is 5.82. The normalized spacial score (nSPS) is 10.1. The number of aromatic nitrogens is 2. The first-order chi connectivity index (χ1) is 10.3. The molecule has 0 saturated heterocycles. The molecular weight excluding hydrogens is 323 g/mol. The maximum atomic E-state index is 5.83. The second kappa shape index (κ2) is 7.29. The predicted molar refractivity (Wildman–Crippen MR) is 89.1 cm³/mol. The van der Waals surface area contributed by atoms with E-state index >= 15 is 0 Å². The van der Waals surface area contributed by atoms with Crippen molar-refractivity contribution in [3.8, 4) is 11.5 Å². The third-order valence-corrected chi connectivity index (χ3v) is 3.26. The zero-order chi connectivity index (χ0) is 14.7. The highest BCUT2D eigenvalue weighted by molar-refractivity contribution is 6.28. The number of hydrogen-bond donors (Lipinski definition) is 0. The van der Waals surface area contributed by atoms with E-state index in [1.807, 2.05) is 42.5 Å². The molecule has 4 nitrogen and oxygen atoms in total. The lowest BCUT2D eigenvalue weighted by Crippen LogP contribution is -1.98. The fourth-order valence-electron chi connectivity index (χ4n) is 2.02. The number of nitrogens with zero attached hydrogens (tertiary/aromatic N) is 2. The van der Waals surface area contributed by atoms with Gasteiger partial charge in [-0.3, -0.25) is 0 Å². The Bertz CT molecular complexity index is 767. The fraction of sp³-hybridized carbons (Fsp3) is 0.125. The third-order valence-electron chi connectivity index (χ3n) is 3.07. The van der Waals surface area contributed by atoms with E-state index in [9.17, 15) is 0 Å². The smallest absolute Gasteiger partial charge is 0.222 e. The molecule has 0 bridgehead atoms. The Morgan fingerprint density at radius 1 is 1.09 bits per heavy atom.